The van der Waals surface area contributed by atoms with Gasteiger partial charge in [0.05, 0.1) is 0 Å². The normalized spacial score (nSPS) is 22.9. The van der Waals surface area contributed by atoms with Crippen LogP contribution in [0.1, 0.15) is 13.3 Å². The lowest BCUT2D eigenvalue weighted by Gasteiger charge is -2.29. The highest BCUT2D eigenvalue weighted by Gasteiger charge is 2.29. The number of benzene rings is 1. The van der Waals surface area contributed by atoms with Crippen LogP contribution >= 0.6 is 0 Å². The van der Waals surface area contributed by atoms with Gasteiger partial charge in [-0.2, -0.15) is 0 Å². The van der Waals surface area contributed by atoms with Gasteiger partial charge in [-0.1, -0.05) is 19.1 Å². The van der Waals surface area contributed by atoms with Crippen molar-refractivity contribution in [2.75, 3.05) is 39.8 Å². The highest BCUT2D eigenvalue weighted by molar-refractivity contribution is 5.23. The largest absolute Gasteiger partial charge is 0.489 e. The van der Waals surface area contributed by atoms with E-state index in [0.29, 0.717) is 17.8 Å². The number of likely N-dealkylation sites (N-methyl/N-ethyl adjacent to an activating group) is 1. The van der Waals surface area contributed by atoms with Crippen LogP contribution in [0, 0.1) is 11.2 Å². The summed E-state index contributed by atoms with van der Waals surface area (Å²) in [6.07, 6.45) is 1.21. The van der Waals surface area contributed by atoms with Crippen molar-refractivity contribution in [3.63, 3.8) is 0 Å². The van der Waals surface area contributed by atoms with Gasteiger partial charge in [-0.3, -0.25) is 0 Å². The molecule has 4 heteroatoms. The molecule has 1 N–H and O–H groups in total. The maximum atomic E-state index is 13.4. The molecule has 0 amide bonds. The number of ether oxygens (including phenoxy) is 1. The van der Waals surface area contributed by atoms with Gasteiger partial charge in [0.25, 0.3) is 0 Å². The molecular formula is C15H23FN2O. The molecule has 0 aromatic heterocycles. The molecule has 1 aromatic carbocycles. The van der Waals surface area contributed by atoms with E-state index in [-0.39, 0.29) is 5.82 Å². The molecule has 1 fully saturated rings. The first-order valence-corrected chi connectivity index (χ1v) is 6.86. The molecule has 0 spiro atoms. The van der Waals surface area contributed by atoms with Crippen LogP contribution in [-0.2, 0) is 0 Å². The second kappa shape index (κ2) is 6.35. The number of nitrogens with zero attached hydrogens (tertiary/aromatic N) is 1. The van der Waals surface area contributed by atoms with Crippen molar-refractivity contribution in [3.05, 3.63) is 30.1 Å². The Morgan fingerprint density at radius 3 is 2.89 bits per heavy atom. The molecule has 1 aliphatic rings. The fourth-order valence-electron chi connectivity index (χ4n) is 2.61. The fourth-order valence-corrected chi connectivity index (χ4v) is 2.61. The zero-order chi connectivity index (χ0) is 13.7. The second-order valence-corrected chi connectivity index (χ2v) is 5.75. The summed E-state index contributed by atoms with van der Waals surface area (Å²) < 4.78 is 18.8. The molecule has 0 radical (unpaired) electrons. The maximum Gasteiger partial charge on any atom is 0.165 e. The van der Waals surface area contributed by atoms with Crippen molar-refractivity contribution >= 4 is 0 Å². The Morgan fingerprint density at radius 2 is 2.21 bits per heavy atom. The predicted molar refractivity (Wildman–Crippen MR) is 75.0 cm³/mol. The lowest BCUT2D eigenvalue weighted by atomic mass is 9.89. The Hall–Kier alpha value is -1.13. The molecule has 1 heterocycles. The summed E-state index contributed by atoms with van der Waals surface area (Å²) >= 11 is 0. The maximum absolute atomic E-state index is 13.4. The third-order valence-corrected chi connectivity index (χ3v) is 3.68. The third kappa shape index (κ3) is 4.18. The smallest absolute Gasteiger partial charge is 0.165 e. The Labute approximate surface area is 114 Å². The van der Waals surface area contributed by atoms with Crippen LogP contribution in [0.3, 0.4) is 0 Å². The zero-order valence-electron chi connectivity index (χ0n) is 11.8. The molecule has 19 heavy (non-hydrogen) atoms. The van der Waals surface area contributed by atoms with Crippen LogP contribution in [-0.4, -0.2) is 44.7 Å². The summed E-state index contributed by atoms with van der Waals surface area (Å²) in [5.74, 6) is 0.0433. The zero-order valence-corrected chi connectivity index (χ0v) is 11.8. The van der Waals surface area contributed by atoms with E-state index < -0.39 is 0 Å². The summed E-state index contributed by atoms with van der Waals surface area (Å²) in [5.41, 5.74) is 0.354. The van der Waals surface area contributed by atoms with Crippen molar-refractivity contribution in [3.8, 4) is 5.75 Å². The van der Waals surface area contributed by atoms with E-state index in [9.17, 15) is 4.39 Å². The van der Waals surface area contributed by atoms with Gasteiger partial charge in [0.15, 0.2) is 11.6 Å². The fraction of sp³-hybridized carbons (Fsp3) is 0.600. The van der Waals surface area contributed by atoms with E-state index in [1.807, 2.05) is 0 Å². The van der Waals surface area contributed by atoms with Gasteiger partial charge in [0, 0.05) is 19.6 Å². The van der Waals surface area contributed by atoms with Gasteiger partial charge in [-0.15, -0.1) is 0 Å². The second-order valence-electron chi connectivity index (χ2n) is 5.75. The van der Waals surface area contributed by atoms with Crippen molar-refractivity contribution in [1.29, 1.82) is 0 Å². The summed E-state index contributed by atoms with van der Waals surface area (Å²) in [6.45, 7) is 6.86. The molecule has 1 unspecified atom stereocenters. The van der Waals surface area contributed by atoms with Crippen LogP contribution in [0.4, 0.5) is 4.39 Å². The van der Waals surface area contributed by atoms with E-state index >= 15 is 0 Å². The predicted octanol–water partition coefficient (Wildman–Crippen LogP) is 2.14. The number of nitrogens with one attached hydrogen (secondary N) is 1. The molecule has 1 aromatic rings. The standard InChI is InChI=1S/C15H23FN2O/c1-15(7-8-17-11-15)12-18(2)9-10-19-14-6-4-3-5-13(14)16/h3-6,17H,7-12H2,1-2H3. The van der Waals surface area contributed by atoms with Crippen molar-refractivity contribution in [1.82, 2.24) is 10.2 Å². The summed E-state index contributed by atoms with van der Waals surface area (Å²) in [6, 6.07) is 6.54. The first-order valence-electron chi connectivity index (χ1n) is 6.86. The lowest BCUT2D eigenvalue weighted by molar-refractivity contribution is 0.175. The van der Waals surface area contributed by atoms with Crippen molar-refractivity contribution in [2.24, 2.45) is 5.41 Å². The highest BCUT2D eigenvalue weighted by Crippen LogP contribution is 2.25. The first-order chi connectivity index (χ1) is 9.09. The SMILES string of the molecule is CN(CCOc1ccccc1F)CC1(C)CCNC1. The van der Waals surface area contributed by atoms with E-state index in [1.165, 1.54) is 12.5 Å². The summed E-state index contributed by atoms with van der Waals surface area (Å²) in [5, 5.41) is 3.40. The lowest BCUT2D eigenvalue weighted by Crippen LogP contribution is -2.37. The van der Waals surface area contributed by atoms with Gasteiger partial charge >= 0.3 is 0 Å². The molecule has 1 atom stereocenters. The minimum atomic E-state index is -0.294. The van der Waals surface area contributed by atoms with Crippen LogP contribution in [0.25, 0.3) is 0 Å². The number of halogens is 1. The number of hydrogen-bond acceptors (Lipinski definition) is 3. The van der Waals surface area contributed by atoms with Crippen molar-refractivity contribution < 1.29 is 9.13 Å². The minimum absolute atomic E-state index is 0.294. The number of para-hydroxylation sites is 1. The van der Waals surface area contributed by atoms with Gasteiger partial charge in [-0.25, -0.2) is 4.39 Å². The quantitative estimate of drug-likeness (QED) is 0.853. The Bertz CT molecular complexity index is 405. The van der Waals surface area contributed by atoms with Crippen LogP contribution in [0.2, 0.25) is 0 Å². The molecule has 1 aliphatic heterocycles. The van der Waals surface area contributed by atoms with Crippen LogP contribution < -0.4 is 10.1 Å². The topological polar surface area (TPSA) is 24.5 Å². The number of hydrogen-bond donors (Lipinski definition) is 1. The Balaban J connectivity index is 1.72. The van der Waals surface area contributed by atoms with Crippen LogP contribution in [0.5, 0.6) is 5.75 Å². The molecule has 2 rings (SSSR count). The Morgan fingerprint density at radius 1 is 1.42 bits per heavy atom. The van der Waals surface area contributed by atoms with Gasteiger partial charge < -0.3 is 15.0 Å². The molecule has 0 bridgehead atoms. The van der Waals surface area contributed by atoms with E-state index in [1.54, 1.807) is 18.2 Å². The molecular weight excluding hydrogens is 243 g/mol. The first kappa shape index (κ1) is 14.3. The molecule has 106 valence electrons. The average molecular weight is 266 g/mol. The molecule has 3 nitrogen and oxygen atoms in total. The highest BCUT2D eigenvalue weighted by atomic mass is 19.1. The van der Waals surface area contributed by atoms with Gasteiger partial charge in [0.1, 0.15) is 6.61 Å². The van der Waals surface area contributed by atoms with Gasteiger partial charge in [-0.05, 0) is 37.6 Å². The summed E-state index contributed by atoms with van der Waals surface area (Å²) in [7, 11) is 2.09. The average Bonchev–Trinajstić information content (AvgIpc) is 2.78. The van der Waals surface area contributed by atoms with Crippen LogP contribution in [0.15, 0.2) is 24.3 Å². The van der Waals surface area contributed by atoms with Gasteiger partial charge in [0.2, 0.25) is 0 Å². The number of rotatable bonds is 6. The van der Waals surface area contributed by atoms with E-state index in [2.05, 4.69) is 24.2 Å². The third-order valence-electron chi connectivity index (χ3n) is 3.68. The monoisotopic (exact) mass is 266 g/mol. The molecule has 1 saturated heterocycles. The molecule has 0 aliphatic carbocycles. The van der Waals surface area contributed by atoms with E-state index in [0.717, 1.165) is 26.2 Å². The van der Waals surface area contributed by atoms with E-state index in [4.69, 9.17) is 4.74 Å². The molecule has 0 saturated carbocycles. The van der Waals surface area contributed by atoms with Crippen molar-refractivity contribution in [2.45, 2.75) is 13.3 Å². The Kier molecular flexibility index (Phi) is 4.77. The summed E-state index contributed by atoms with van der Waals surface area (Å²) in [4.78, 5) is 2.26. The minimum Gasteiger partial charge on any atom is -0.489 e.